The Bertz CT molecular complexity index is 324. The molecule has 0 saturated carbocycles. The first-order valence-electron chi connectivity index (χ1n) is 4.37. The molecule has 5 nitrogen and oxygen atoms in total. The van der Waals surface area contributed by atoms with Gasteiger partial charge in [0.1, 0.15) is 6.61 Å². The lowest BCUT2D eigenvalue weighted by Crippen LogP contribution is -2.48. The van der Waals surface area contributed by atoms with Crippen LogP contribution in [0.2, 0.25) is 0 Å². The summed E-state index contributed by atoms with van der Waals surface area (Å²) in [4.78, 5) is 11.2. The minimum atomic E-state index is -2.97. The van der Waals surface area contributed by atoms with E-state index in [0.29, 0.717) is 6.42 Å². The second-order valence-corrected chi connectivity index (χ2v) is 6.07. The fourth-order valence-electron chi connectivity index (χ4n) is 1.61. The maximum Gasteiger partial charge on any atom is 0.246 e. The molecule has 14 heavy (non-hydrogen) atoms. The van der Waals surface area contributed by atoms with Gasteiger partial charge < -0.3 is 10.1 Å². The molecule has 1 saturated heterocycles. The number of carbonyl (C=O) groups is 1. The summed E-state index contributed by atoms with van der Waals surface area (Å²) in [5.41, 5.74) is -0.617. The minimum absolute atomic E-state index is 0.0233. The summed E-state index contributed by atoms with van der Waals surface area (Å²) in [6.45, 7) is 1.71. The Balaban J connectivity index is 2.57. The summed E-state index contributed by atoms with van der Waals surface area (Å²) in [7, 11) is -1.55. The SMILES string of the molecule is COCC(=O)NC1(C)CCS(=O)(=O)C1. The van der Waals surface area contributed by atoms with Crippen LogP contribution in [0.4, 0.5) is 0 Å². The predicted molar refractivity (Wildman–Crippen MR) is 51.7 cm³/mol. The predicted octanol–water partition coefficient (Wildman–Crippen LogP) is -0.674. The molecule has 1 heterocycles. The molecule has 0 bridgehead atoms. The molecule has 1 rings (SSSR count). The van der Waals surface area contributed by atoms with E-state index in [-0.39, 0.29) is 24.0 Å². The van der Waals surface area contributed by atoms with Crippen LogP contribution in [0.3, 0.4) is 0 Å². The normalized spacial score (nSPS) is 30.1. The van der Waals surface area contributed by atoms with E-state index in [9.17, 15) is 13.2 Å². The average molecular weight is 221 g/mol. The van der Waals surface area contributed by atoms with Gasteiger partial charge in [0, 0.05) is 7.11 Å². The first kappa shape index (κ1) is 11.5. The lowest BCUT2D eigenvalue weighted by molar-refractivity contribution is -0.126. The summed E-state index contributed by atoms with van der Waals surface area (Å²) >= 11 is 0. The quantitative estimate of drug-likeness (QED) is 0.685. The first-order chi connectivity index (χ1) is 6.37. The summed E-state index contributed by atoms with van der Waals surface area (Å²) in [5, 5.41) is 2.67. The van der Waals surface area contributed by atoms with Gasteiger partial charge in [-0.2, -0.15) is 0 Å². The van der Waals surface area contributed by atoms with Crippen LogP contribution in [0, 0.1) is 0 Å². The topological polar surface area (TPSA) is 72.5 Å². The van der Waals surface area contributed by atoms with E-state index in [1.54, 1.807) is 6.92 Å². The van der Waals surface area contributed by atoms with E-state index in [2.05, 4.69) is 10.1 Å². The first-order valence-corrected chi connectivity index (χ1v) is 6.19. The van der Waals surface area contributed by atoms with Crippen molar-refractivity contribution in [2.45, 2.75) is 18.9 Å². The van der Waals surface area contributed by atoms with Crippen LogP contribution in [-0.4, -0.2) is 45.1 Å². The molecule has 0 spiro atoms. The molecule has 0 aliphatic carbocycles. The molecule has 1 aliphatic rings. The third-order valence-electron chi connectivity index (χ3n) is 2.22. The van der Waals surface area contributed by atoms with Crippen LogP contribution in [0.15, 0.2) is 0 Å². The highest BCUT2D eigenvalue weighted by Crippen LogP contribution is 2.22. The molecule has 0 aromatic rings. The Morgan fingerprint density at radius 2 is 2.21 bits per heavy atom. The van der Waals surface area contributed by atoms with Crippen LogP contribution in [0.1, 0.15) is 13.3 Å². The number of hydrogen-bond donors (Lipinski definition) is 1. The van der Waals surface area contributed by atoms with Gasteiger partial charge in [-0.05, 0) is 13.3 Å². The fourth-order valence-corrected chi connectivity index (χ4v) is 3.71. The molecule has 1 fully saturated rings. The van der Waals surface area contributed by atoms with E-state index in [4.69, 9.17) is 0 Å². The third kappa shape index (κ3) is 2.95. The summed E-state index contributed by atoms with van der Waals surface area (Å²) in [6.07, 6.45) is 0.477. The van der Waals surface area contributed by atoms with Crippen molar-refractivity contribution in [3.8, 4) is 0 Å². The zero-order chi connectivity index (χ0) is 10.8. The van der Waals surface area contributed by atoms with Gasteiger partial charge in [-0.15, -0.1) is 0 Å². The fraction of sp³-hybridized carbons (Fsp3) is 0.875. The monoisotopic (exact) mass is 221 g/mol. The number of hydrogen-bond acceptors (Lipinski definition) is 4. The highest BCUT2D eigenvalue weighted by atomic mass is 32.2. The largest absolute Gasteiger partial charge is 0.375 e. The highest BCUT2D eigenvalue weighted by Gasteiger charge is 2.39. The molecule has 0 radical (unpaired) electrons. The summed E-state index contributed by atoms with van der Waals surface area (Å²) in [5.74, 6) is -0.0984. The summed E-state index contributed by atoms with van der Waals surface area (Å²) in [6, 6.07) is 0. The number of methoxy groups -OCH3 is 1. The number of rotatable bonds is 3. The molecule has 1 aliphatic heterocycles. The van der Waals surface area contributed by atoms with Crippen molar-refractivity contribution >= 4 is 15.7 Å². The van der Waals surface area contributed by atoms with E-state index in [0.717, 1.165) is 0 Å². The van der Waals surface area contributed by atoms with Gasteiger partial charge in [0.15, 0.2) is 9.84 Å². The number of ether oxygens (including phenoxy) is 1. The van der Waals surface area contributed by atoms with Crippen LogP contribution in [0.25, 0.3) is 0 Å². The number of amides is 1. The van der Waals surface area contributed by atoms with Crippen LogP contribution in [-0.2, 0) is 19.4 Å². The molecule has 1 atom stereocenters. The van der Waals surface area contributed by atoms with E-state index >= 15 is 0 Å². The van der Waals surface area contributed by atoms with Crippen molar-refractivity contribution in [3.05, 3.63) is 0 Å². The van der Waals surface area contributed by atoms with Crippen LogP contribution >= 0.6 is 0 Å². The zero-order valence-electron chi connectivity index (χ0n) is 8.37. The van der Waals surface area contributed by atoms with Gasteiger partial charge >= 0.3 is 0 Å². The second kappa shape index (κ2) is 3.86. The molecular formula is C8H15NO4S. The van der Waals surface area contributed by atoms with Crippen molar-refractivity contribution in [1.29, 1.82) is 0 Å². The smallest absolute Gasteiger partial charge is 0.246 e. The van der Waals surface area contributed by atoms with Gasteiger partial charge in [0.25, 0.3) is 0 Å². The van der Waals surface area contributed by atoms with Gasteiger partial charge in [-0.25, -0.2) is 8.42 Å². The van der Waals surface area contributed by atoms with Crippen molar-refractivity contribution < 1.29 is 17.9 Å². The van der Waals surface area contributed by atoms with Gasteiger partial charge in [0.05, 0.1) is 17.0 Å². The molecule has 1 N–H and O–H groups in total. The average Bonchev–Trinajstić information content (AvgIpc) is 2.25. The lowest BCUT2D eigenvalue weighted by Gasteiger charge is -2.23. The second-order valence-electron chi connectivity index (χ2n) is 3.88. The zero-order valence-corrected chi connectivity index (χ0v) is 9.19. The Labute approximate surface area is 83.7 Å². The number of nitrogens with one attached hydrogen (secondary N) is 1. The molecule has 6 heteroatoms. The van der Waals surface area contributed by atoms with E-state index in [1.165, 1.54) is 7.11 Å². The molecule has 0 aromatic carbocycles. The van der Waals surface area contributed by atoms with Crippen LogP contribution < -0.4 is 5.32 Å². The van der Waals surface area contributed by atoms with E-state index in [1.807, 2.05) is 0 Å². The molecule has 1 unspecified atom stereocenters. The Hall–Kier alpha value is -0.620. The van der Waals surface area contributed by atoms with Gasteiger partial charge in [-0.1, -0.05) is 0 Å². The molecule has 82 valence electrons. The third-order valence-corrected chi connectivity index (χ3v) is 4.12. The van der Waals surface area contributed by atoms with Crippen molar-refractivity contribution in [3.63, 3.8) is 0 Å². The highest BCUT2D eigenvalue weighted by molar-refractivity contribution is 7.91. The maximum atomic E-state index is 11.2. The Morgan fingerprint density at radius 3 is 2.64 bits per heavy atom. The molecule has 1 amide bonds. The minimum Gasteiger partial charge on any atom is -0.375 e. The summed E-state index contributed by atoms with van der Waals surface area (Å²) < 4.78 is 27.1. The van der Waals surface area contributed by atoms with E-state index < -0.39 is 15.4 Å². The molecular weight excluding hydrogens is 206 g/mol. The van der Waals surface area contributed by atoms with Crippen molar-refractivity contribution in [1.82, 2.24) is 5.32 Å². The number of sulfone groups is 1. The van der Waals surface area contributed by atoms with Crippen molar-refractivity contribution in [2.75, 3.05) is 25.2 Å². The maximum absolute atomic E-state index is 11.2. The van der Waals surface area contributed by atoms with Crippen molar-refractivity contribution in [2.24, 2.45) is 0 Å². The lowest BCUT2D eigenvalue weighted by atomic mass is 10.0. The standard InChI is InChI=1S/C8H15NO4S/c1-8(9-7(10)5-13-2)3-4-14(11,12)6-8/h3-6H2,1-2H3,(H,9,10). The van der Waals surface area contributed by atoms with Gasteiger partial charge in [-0.3, -0.25) is 4.79 Å². The number of carbonyl (C=O) groups excluding carboxylic acids is 1. The molecule has 0 aromatic heterocycles. The van der Waals surface area contributed by atoms with Crippen LogP contribution in [0.5, 0.6) is 0 Å². The Kier molecular flexibility index (Phi) is 3.16. The Morgan fingerprint density at radius 1 is 1.57 bits per heavy atom. The van der Waals surface area contributed by atoms with Gasteiger partial charge in [0.2, 0.25) is 5.91 Å².